The maximum Gasteiger partial charge on any atom is 0.227 e. The van der Waals surface area contributed by atoms with E-state index in [0.717, 1.165) is 58.5 Å². The van der Waals surface area contributed by atoms with E-state index in [9.17, 15) is 4.79 Å². The predicted octanol–water partition coefficient (Wildman–Crippen LogP) is 2.65. The SMILES string of the molecule is O=C(C1CCCN(C2CCN(CCc3ccccc3)CC2)C1)N1CCCOCC1. The van der Waals surface area contributed by atoms with Gasteiger partial charge in [-0.15, -0.1) is 0 Å². The molecular weight excluding hydrogens is 362 g/mol. The van der Waals surface area contributed by atoms with Gasteiger partial charge < -0.3 is 14.5 Å². The Balaban J connectivity index is 1.22. The summed E-state index contributed by atoms with van der Waals surface area (Å²) in [6, 6.07) is 11.5. The summed E-state index contributed by atoms with van der Waals surface area (Å²) in [5, 5.41) is 0. The largest absolute Gasteiger partial charge is 0.380 e. The van der Waals surface area contributed by atoms with Crippen molar-refractivity contribution >= 4 is 5.91 Å². The number of carbonyl (C=O) groups excluding carboxylic acids is 1. The van der Waals surface area contributed by atoms with Crippen molar-refractivity contribution in [3.63, 3.8) is 0 Å². The van der Waals surface area contributed by atoms with E-state index >= 15 is 0 Å². The number of amides is 1. The smallest absolute Gasteiger partial charge is 0.227 e. The molecule has 160 valence electrons. The van der Waals surface area contributed by atoms with E-state index in [4.69, 9.17) is 4.74 Å². The summed E-state index contributed by atoms with van der Waals surface area (Å²) in [5.41, 5.74) is 1.44. The third-order valence-corrected chi connectivity index (χ3v) is 6.97. The Morgan fingerprint density at radius 3 is 2.59 bits per heavy atom. The first-order chi connectivity index (χ1) is 14.3. The lowest BCUT2D eigenvalue weighted by atomic mass is 9.92. The molecular formula is C24H37N3O2. The molecule has 0 saturated carbocycles. The molecule has 3 fully saturated rings. The van der Waals surface area contributed by atoms with Gasteiger partial charge in [0.2, 0.25) is 5.91 Å². The van der Waals surface area contributed by atoms with Gasteiger partial charge in [0, 0.05) is 38.8 Å². The van der Waals surface area contributed by atoms with E-state index in [1.165, 1.54) is 38.0 Å². The number of likely N-dealkylation sites (tertiary alicyclic amines) is 2. The van der Waals surface area contributed by atoms with Crippen molar-refractivity contribution in [2.75, 3.05) is 59.0 Å². The van der Waals surface area contributed by atoms with E-state index < -0.39 is 0 Å². The number of hydrogen-bond donors (Lipinski definition) is 0. The standard InChI is InChI=1S/C24H37N3O2/c28-24(26-13-5-18-29-19-17-26)22-8-4-12-27(20-22)23-10-15-25(16-11-23)14-9-21-6-2-1-3-7-21/h1-3,6-7,22-23H,4-5,8-20H2. The number of ether oxygens (including phenoxy) is 1. The number of piperidine rings is 2. The topological polar surface area (TPSA) is 36.0 Å². The van der Waals surface area contributed by atoms with Crippen LogP contribution in [-0.2, 0) is 16.0 Å². The maximum atomic E-state index is 13.0. The number of rotatable bonds is 5. The molecule has 1 aromatic carbocycles. The first-order valence-electron chi connectivity index (χ1n) is 11.7. The Morgan fingerprint density at radius 2 is 1.76 bits per heavy atom. The summed E-state index contributed by atoms with van der Waals surface area (Å²) in [6.45, 7) is 8.81. The first-order valence-corrected chi connectivity index (χ1v) is 11.7. The molecule has 0 aliphatic carbocycles. The third kappa shape index (κ3) is 5.80. The van der Waals surface area contributed by atoms with Gasteiger partial charge in [0.25, 0.3) is 0 Å². The lowest BCUT2D eigenvalue weighted by molar-refractivity contribution is -0.137. The fourth-order valence-electron chi connectivity index (χ4n) is 5.20. The van der Waals surface area contributed by atoms with Gasteiger partial charge in [0.1, 0.15) is 0 Å². The van der Waals surface area contributed by atoms with Gasteiger partial charge in [-0.2, -0.15) is 0 Å². The molecule has 1 unspecified atom stereocenters. The van der Waals surface area contributed by atoms with E-state index in [1.807, 2.05) is 0 Å². The maximum absolute atomic E-state index is 13.0. The Hall–Kier alpha value is -1.43. The van der Waals surface area contributed by atoms with Crippen LogP contribution in [0.3, 0.4) is 0 Å². The normalized spacial score (nSPS) is 25.7. The van der Waals surface area contributed by atoms with Crippen LogP contribution in [0.2, 0.25) is 0 Å². The molecule has 1 aromatic rings. The summed E-state index contributed by atoms with van der Waals surface area (Å²) in [4.78, 5) is 20.4. The van der Waals surface area contributed by atoms with Crippen LogP contribution in [-0.4, -0.2) is 85.7 Å². The summed E-state index contributed by atoms with van der Waals surface area (Å²) < 4.78 is 5.53. The van der Waals surface area contributed by atoms with E-state index in [1.54, 1.807) is 0 Å². The molecule has 4 rings (SSSR count). The van der Waals surface area contributed by atoms with Crippen LogP contribution in [0.1, 0.15) is 37.7 Å². The Bertz CT molecular complexity index is 622. The number of nitrogens with zero attached hydrogens (tertiary/aromatic N) is 3. The molecule has 0 spiro atoms. The molecule has 0 radical (unpaired) electrons. The minimum Gasteiger partial charge on any atom is -0.380 e. The van der Waals surface area contributed by atoms with Crippen molar-refractivity contribution in [2.45, 2.75) is 44.6 Å². The minimum atomic E-state index is 0.193. The highest BCUT2D eigenvalue weighted by atomic mass is 16.5. The fraction of sp³-hybridized carbons (Fsp3) is 0.708. The average Bonchev–Trinajstić information content (AvgIpc) is 3.08. The van der Waals surface area contributed by atoms with Crippen molar-refractivity contribution in [1.29, 1.82) is 0 Å². The van der Waals surface area contributed by atoms with Gasteiger partial charge in [-0.25, -0.2) is 0 Å². The zero-order valence-corrected chi connectivity index (χ0v) is 17.8. The van der Waals surface area contributed by atoms with Crippen LogP contribution in [0.4, 0.5) is 0 Å². The fourth-order valence-corrected chi connectivity index (χ4v) is 5.20. The zero-order chi connectivity index (χ0) is 19.9. The van der Waals surface area contributed by atoms with Gasteiger partial charge in [-0.1, -0.05) is 30.3 Å². The summed E-state index contributed by atoms with van der Waals surface area (Å²) in [7, 11) is 0. The first kappa shape index (κ1) is 20.8. The summed E-state index contributed by atoms with van der Waals surface area (Å²) in [6.07, 6.45) is 6.83. The van der Waals surface area contributed by atoms with Gasteiger partial charge in [-0.3, -0.25) is 9.69 Å². The van der Waals surface area contributed by atoms with E-state index in [2.05, 4.69) is 45.0 Å². The monoisotopic (exact) mass is 399 g/mol. The highest BCUT2D eigenvalue weighted by Crippen LogP contribution is 2.25. The van der Waals surface area contributed by atoms with E-state index in [0.29, 0.717) is 18.6 Å². The van der Waals surface area contributed by atoms with Gasteiger partial charge in [-0.05, 0) is 63.7 Å². The minimum absolute atomic E-state index is 0.193. The highest BCUT2D eigenvalue weighted by Gasteiger charge is 2.33. The molecule has 0 bridgehead atoms. The Kier molecular flexibility index (Phi) is 7.58. The van der Waals surface area contributed by atoms with Crippen LogP contribution in [0.25, 0.3) is 0 Å². The number of benzene rings is 1. The van der Waals surface area contributed by atoms with Crippen LogP contribution in [0.5, 0.6) is 0 Å². The molecule has 3 heterocycles. The lowest BCUT2D eigenvalue weighted by Crippen LogP contribution is -2.51. The highest BCUT2D eigenvalue weighted by molar-refractivity contribution is 5.79. The van der Waals surface area contributed by atoms with Gasteiger partial charge >= 0.3 is 0 Å². The second kappa shape index (κ2) is 10.6. The Morgan fingerprint density at radius 1 is 0.931 bits per heavy atom. The summed E-state index contributed by atoms with van der Waals surface area (Å²) in [5.74, 6) is 0.568. The van der Waals surface area contributed by atoms with Crippen molar-refractivity contribution in [1.82, 2.24) is 14.7 Å². The van der Waals surface area contributed by atoms with Crippen LogP contribution in [0, 0.1) is 5.92 Å². The van der Waals surface area contributed by atoms with Crippen LogP contribution >= 0.6 is 0 Å². The number of hydrogen-bond acceptors (Lipinski definition) is 4. The van der Waals surface area contributed by atoms with E-state index in [-0.39, 0.29) is 5.92 Å². The second-order valence-corrected chi connectivity index (χ2v) is 8.93. The molecule has 3 saturated heterocycles. The Labute approximate surface area is 176 Å². The number of carbonyl (C=O) groups is 1. The van der Waals surface area contributed by atoms with Crippen molar-refractivity contribution in [3.05, 3.63) is 35.9 Å². The molecule has 0 aromatic heterocycles. The molecule has 1 atom stereocenters. The average molecular weight is 400 g/mol. The van der Waals surface area contributed by atoms with Crippen molar-refractivity contribution in [2.24, 2.45) is 5.92 Å². The molecule has 3 aliphatic rings. The van der Waals surface area contributed by atoms with Crippen molar-refractivity contribution < 1.29 is 9.53 Å². The predicted molar refractivity (Wildman–Crippen MR) is 116 cm³/mol. The van der Waals surface area contributed by atoms with Gasteiger partial charge in [0.05, 0.1) is 12.5 Å². The molecule has 5 nitrogen and oxygen atoms in total. The third-order valence-electron chi connectivity index (χ3n) is 6.97. The van der Waals surface area contributed by atoms with Gasteiger partial charge in [0.15, 0.2) is 0 Å². The van der Waals surface area contributed by atoms with Crippen LogP contribution in [0.15, 0.2) is 30.3 Å². The second-order valence-electron chi connectivity index (χ2n) is 8.93. The molecule has 5 heteroatoms. The quantitative estimate of drug-likeness (QED) is 0.763. The molecule has 29 heavy (non-hydrogen) atoms. The lowest BCUT2D eigenvalue weighted by Gasteiger charge is -2.42. The molecule has 1 amide bonds. The zero-order valence-electron chi connectivity index (χ0n) is 17.8. The van der Waals surface area contributed by atoms with Crippen molar-refractivity contribution in [3.8, 4) is 0 Å². The molecule has 0 N–H and O–H groups in total. The molecule has 3 aliphatic heterocycles. The summed E-state index contributed by atoms with van der Waals surface area (Å²) >= 11 is 0. The van der Waals surface area contributed by atoms with Crippen LogP contribution < -0.4 is 0 Å².